The summed E-state index contributed by atoms with van der Waals surface area (Å²) in [4.78, 5) is 5.26. The van der Waals surface area contributed by atoms with E-state index in [2.05, 4.69) is 191 Å². The average Bonchev–Trinajstić information content (AvgIpc) is 3.96. The van der Waals surface area contributed by atoms with Crippen molar-refractivity contribution in [3.8, 4) is 16.8 Å². The molecular weight excluding hydrogens is 733 g/mol. The monoisotopic (exact) mass is 766 g/mol. The molecule has 1 aliphatic rings. The van der Waals surface area contributed by atoms with Gasteiger partial charge in [0.05, 0.1) is 21.4 Å². The van der Waals surface area contributed by atoms with Crippen molar-refractivity contribution in [2.75, 3.05) is 0 Å². The lowest BCUT2D eigenvalue weighted by atomic mass is 9.97. The SMILES string of the molecule is c1ccc(C2=NC(c3ccc4sc5cccc(-c6ccc7c(c6)sc6c(-n8c9ccccc9c9ccccc98)cccc67)c5c4c3)NC(c3ccccc3)N2)cc1. The lowest BCUT2D eigenvalue weighted by molar-refractivity contribution is 0.409. The Hall–Kier alpha value is -6.57. The second-order valence-corrected chi connectivity index (χ2v) is 16.9. The van der Waals surface area contributed by atoms with E-state index >= 15 is 0 Å². The maximum atomic E-state index is 5.26. The van der Waals surface area contributed by atoms with Crippen LogP contribution in [0.4, 0.5) is 0 Å². The molecule has 4 nitrogen and oxygen atoms in total. The van der Waals surface area contributed by atoms with Crippen LogP contribution < -0.4 is 10.6 Å². The average molecular weight is 767 g/mol. The van der Waals surface area contributed by atoms with E-state index in [1.807, 2.05) is 28.7 Å². The highest BCUT2D eigenvalue weighted by Gasteiger charge is 2.26. The molecule has 0 amide bonds. The Balaban J connectivity index is 0.991. The number of fused-ring (bicyclic) bond motifs is 9. The molecule has 57 heavy (non-hydrogen) atoms. The molecule has 8 aromatic carbocycles. The first-order chi connectivity index (χ1) is 28.2. The van der Waals surface area contributed by atoms with E-state index in [0.29, 0.717) is 0 Å². The van der Waals surface area contributed by atoms with E-state index < -0.39 is 0 Å². The molecule has 0 radical (unpaired) electrons. The number of amidine groups is 1. The quantitative estimate of drug-likeness (QED) is 0.183. The predicted octanol–water partition coefficient (Wildman–Crippen LogP) is 13.5. The first-order valence-corrected chi connectivity index (χ1v) is 21.0. The summed E-state index contributed by atoms with van der Waals surface area (Å²) >= 11 is 3.76. The van der Waals surface area contributed by atoms with E-state index in [1.54, 1.807) is 0 Å². The van der Waals surface area contributed by atoms with Crippen molar-refractivity contribution in [2.24, 2.45) is 4.99 Å². The van der Waals surface area contributed by atoms with Crippen molar-refractivity contribution in [2.45, 2.75) is 12.3 Å². The number of hydrogen-bond donors (Lipinski definition) is 2. The largest absolute Gasteiger partial charge is 0.350 e. The molecule has 2 atom stereocenters. The van der Waals surface area contributed by atoms with Gasteiger partial charge >= 0.3 is 0 Å². The molecule has 3 aromatic heterocycles. The number of aliphatic imine (C=N–C) groups is 1. The first kappa shape index (κ1) is 32.7. The summed E-state index contributed by atoms with van der Waals surface area (Å²) in [5.41, 5.74) is 9.58. The summed E-state index contributed by atoms with van der Waals surface area (Å²) in [7, 11) is 0. The molecule has 0 saturated carbocycles. The van der Waals surface area contributed by atoms with E-state index in [1.165, 1.54) is 84.5 Å². The summed E-state index contributed by atoms with van der Waals surface area (Å²) in [6.45, 7) is 0. The van der Waals surface area contributed by atoms with Crippen molar-refractivity contribution >= 4 is 90.7 Å². The lowest BCUT2D eigenvalue weighted by Gasteiger charge is -2.32. The van der Waals surface area contributed by atoms with Crippen LogP contribution in [0.2, 0.25) is 0 Å². The highest BCUT2D eigenvalue weighted by Crippen LogP contribution is 2.45. The van der Waals surface area contributed by atoms with Gasteiger partial charge in [0.25, 0.3) is 0 Å². The first-order valence-electron chi connectivity index (χ1n) is 19.4. The number of aromatic nitrogens is 1. The fourth-order valence-corrected chi connectivity index (χ4v) is 11.2. The maximum absolute atomic E-state index is 5.26. The van der Waals surface area contributed by atoms with Gasteiger partial charge in [-0.05, 0) is 64.7 Å². The number of para-hydroxylation sites is 2. The van der Waals surface area contributed by atoms with Gasteiger partial charge in [0.1, 0.15) is 18.2 Å². The van der Waals surface area contributed by atoms with Gasteiger partial charge in [0.15, 0.2) is 0 Å². The topological polar surface area (TPSA) is 41.4 Å². The number of rotatable bonds is 5. The highest BCUT2D eigenvalue weighted by atomic mass is 32.1. The van der Waals surface area contributed by atoms with Crippen LogP contribution in [0.3, 0.4) is 0 Å². The van der Waals surface area contributed by atoms with Gasteiger partial charge in [-0.2, -0.15) is 0 Å². The maximum Gasteiger partial charge on any atom is 0.131 e. The van der Waals surface area contributed by atoms with Crippen LogP contribution in [0, 0.1) is 0 Å². The zero-order chi connectivity index (χ0) is 37.5. The number of thiophene rings is 2. The van der Waals surface area contributed by atoms with Gasteiger partial charge in [0, 0.05) is 52.0 Å². The molecule has 11 aromatic rings. The molecule has 4 heterocycles. The third-order valence-electron chi connectivity index (χ3n) is 11.5. The predicted molar refractivity (Wildman–Crippen MR) is 243 cm³/mol. The second kappa shape index (κ2) is 13.0. The van der Waals surface area contributed by atoms with E-state index in [-0.39, 0.29) is 12.3 Å². The number of nitrogens with one attached hydrogen (secondary N) is 2. The van der Waals surface area contributed by atoms with Gasteiger partial charge in [-0.15, -0.1) is 22.7 Å². The molecule has 2 unspecified atom stereocenters. The number of nitrogens with zero attached hydrogens (tertiary/aromatic N) is 2. The van der Waals surface area contributed by atoms with Crippen LogP contribution in [0.15, 0.2) is 187 Å². The van der Waals surface area contributed by atoms with Gasteiger partial charge in [-0.3, -0.25) is 5.32 Å². The van der Waals surface area contributed by atoms with Crippen LogP contribution in [0.25, 0.3) is 79.0 Å². The smallest absolute Gasteiger partial charge is 0.131 e. The Kier molecular flexibility index (Phi) is 7.45. The van der Waals surface area contributed by atoms with E-state index in [0.717, 1.165) is 17.0 Å². The minimum atomic E-state index is -0.225. The standard InChI is InChI=1S/C51H34N4S2/c1-3-13-31(14-4-1)49-52-50(32-15-5-2-6-16-32)54-51(53-49)34-26-28-44-40(29-34)47-35(19-12-24-45(47)56-44)33-25-27-38-39-20-11-23-43(48(39)57-46(38)30-33)55-41-21-9-7-17-36(41)37-18-8-10-22-42(37)55/h1-30,49,51,53H,(H,52,54). The zero-order valence-electron chi connectivity index (χ0n) is 30.7. The van der Waals surface area contributed by atoms with Gasteiger partial charge in [0.2, 0.25) is 0 Å². The van der Waals surface area contributed by atoms with Crippen molar-refractivity contribution < 1.29 is 0 Å². The Morgan fingerprint density at radius 1 is 0.474 bits per heavy atom. The molecular formula is C51H34N4S2. The molecule has 6 heteroatoms. The van der Waals surface area contributed by atoms with Crippen LogP contribution in [-0.4, -0.2) is 10.4 Å². The minimum absolute atomic E-state index is 0.0853. The molecule has 0 aliphatic carbocycles. The highest BCUT2D eigenvalue weighted by molar-refractivity contribution is 7.26. The van der Waals surface area contributed by atoms with Crippen molar-refractivity contribution in [3.63, 3.8) is 0 Å². The van der Waals surface area contributed by atoms with Crippen LogP contribution in [0.5, 0.6) is 0 Å². The normalized spacial score (nSPS) is 15.9. The van der Waals surface area contributed by atoms with Crippen LogP contribution in [-0.2, 0) is 0 Å². The number of benzene rings is 8. The molecule has 1 aliphatic heterocycles. The fraction of sp³-hybridized carbons (Fsp3) is 0.0392. The molecule has 2 N–H and O–H groups in total. The molecule has 0 fully saturated rings. The van der Waals surface area contributed by atoms with Gasteiger partial charge in [-0.1, -0.05) is 140 Å². The Morgan fingerprint density at radius 3 is 2.00 bits per heavy atom. The van der Waals surface area contributed by atoms with Crippen molar-refractivity contribution in [1.82, 2.24) is 15.2 Å². The molecule has 12 rings (SSSR count). The van der Waals surface area contributed by atoms with Gasteiger partial charge in [-0.25, -0.2) is 4.99 Å². The number of hydrogen-bond acceptors (Lipinski definition) is 5. The molecule has 0 saturated heterocycles. The lowest BCUT2D eigenvalue weighted by Crippen LogP contribution is -2.44. The summed E-state index contributed by atoms with van der Waals surface area (Å²) < 4.78 is 7.62. The third kappa shape index (κ3) is 5.26. The third-order valence-corrected chi connectivity index (χ3v) is 13.8. The minimum Gasteiger partial charge on any atom is -0.350 e. The Morgan fingerprint density at radius 2 is 1.19 bits per heavy atom. The summed E-state index contributed by atoms with van der Waals surface area (Å²) in [6, 6.07) is 66.0. The summed E-state index contributed by atoms with van der Waals surface area (Å²) in [6.07, 6.45) is -0.310. The van der Waals surface area contributed by atoms with Gasteiger partial charge < -0.3 is 9.88 Å². The second-order valence-electron chi connectivity index (χ2n) is 14.8. The summed E-state index contributed by atoms with van der Waals surface area (Å²) in [5.74, 6) is 0.891. The Bertz CT molecular complexity index is 3320. The van der Waals surface area contributed by atoms with Crippen LogP contribution in [0.1, 0.15) is 29.0 Å². The molecule has 270 valence electrons. The zero-order valence-corrected chi connectivity index (χ0v) is 32.3. The molecule has 0 bridgehead atoms. The van der Waals surface area contributed by atoms with E-state index in [4.69, 9.17) is 4.99 Å². The van der Waals surface area contributed by atoms with Crippen molar-refractivity contribution in [3.05, 3.63) is 199 Å². The fourth-order valence-electron chi connectivity index (χ4n) is 8.85. The van der Waals surface area contributed by atoms with Crippen molar-refractivity contribution in [1.29, 1.82) is 0 Å². The van der Waals surface area contributed by atoms with E-state index in [9.17, 15) is 0 Å². The summed E-state index contributed by atoms with van der Waals surface area (Å²) in [5, 5.41) is 15.2. The molecule has 0 spiro atoms. The van der Waals surface area contributed by atoms with Crippen LogP contribution >= 0.6 is 22.7 Å². The Labute approximate surface area is 337 Å².